The van der Waals surface area contributed by atoms with E-state index < -0.39 is 0 Å². The summed E-state index contributed by atoms with van der Waals surface area (Å²) in [5.41, 5.74) is 4.86. The van der Waals surface area contributed by atoms with Crippen molar-refractivity contribution in [3.63, 3.8) is 0 Å². The van der Waals surface area contributed by atoms with Crippen LogP contribution in [0, 0.1) is 13.8 Å². The number of fused-ring (bicyclic) bond motifs is 1. The summed E-state index contributed by atoms with van der Waals surface area (Å²) in [5, 5.41) is 6.76. The molecule has 6 nitrogen and oxygen atoms in total. The van der Waals surface area contributed by atoms with Gasteiger partial charge >= 0.3 is 0 Å². The van der Waals surface area contributed by atoms with Gasteiger partial charge < -0.3 is 10.2 Å². The summed E-state index contributed by atoms with van der Waals surface area (Å²) >= 11 is 3.01. The summed E-state index contributed by atoms with van der Waals surface area (Å²) in [6.45, 7) is 5.24. The minimum Gasteiger partial charge on any atom is -0.338 e. The Bertz CT molecular complexity index is 1170. The van der Waals surface area contributed by atoms with Crippen molar-refractivity contribution in [2.24, 2.45) is 0 Å². The van der Waals surface area contributed by atoms with E-state index in [9.17, 15) is 9.59 Å². The molecule has 1 saturated heterocycles. The van der Waals surface area contributed by atoms with E-state index >= 15 is 0 Å². The van der Waals surface area contributed by atoms with E-state index in [-0.39, 0.29) is 17.7 Å². The zero-order chi connectivity index (χ0) is 22.2. The van der Waals surface area contributed by atoms with Gasteiger partial charge in [0, 0.05) is 30.1 Å². The van der Waals surface area contributed by atoms with Crippen molar-refractivity contribution >= 4 is 40.2 Å². The number of anilines is 1. The normalized spacial score (nSPS) is 16.2. The third-order valence-electron chi connectivity index (χ3n) is 6.34. The number of aromatic nitrogens is 2. The molecule has 3 heterocycles. The first-order valence-electron chi connectivity index (χ1n) is 11.1. The average Bonchev–Trinajstić information content (AvgIpc) is 3.52. The lowest BCUT2D eigenvalue weighted by molar-refractivity contribution is 0.0717. The number of likely N-dealkylation sites (tertiary alicyclic amines) is 1. The molecule has 0 unspecified atom stereocenters. The Morgan fingerprint density at radius 2 is 1.88 bits per heavy atom. The quantitative estimate of drug-likeness (QED) is 0.589. The number of carbonyl (C=O) groups is 2. The highest BCUT2D eigenvalue weighted by Gasteiger charge is 2.28. The predicted octanol–water partition coefficient (Wildman–Crippen LogP) is 4.98. The molecule has 166 valence electrons. The van der Waals surface area contributed by atoms with Crippen molar-refractivity contribution in [3.8, 4) is 0 Å². The Morgan fingerprint density at radius 3 is 2.62 bits per heavy atom. The maximum atomic E-state index is 12.8. The molecule has 1 N–H and O–H groups in total. The maximum Gasteiger partial charge on any atom is 0.275 e. The van der Waals surface area contributed by atoms with E-state index in [1.807, 2.05) is 30.2 Å². The van der Waals surface area contributed by atoms with E-state index in [4.69, 9.17) is 0 Å². The van der Waals surface area contributed by atoms with Crippen molar-refractivity contribution < 1.29 is 9.59 Å². The van der Waals surface area contributed by atoms with Gasteiger partial charge in [-0.3, -0.25) is 9.59 Å². The van der Waals surface area contributed by atoms with Crippen molar-refractivity contribution in [2.45, 2.75) is 51.9 Å². The number of rotatable bonds is 4. The monoisotopic (exact) mass is 466 g/mol. The lowest BCUT2D eigenvalue weighted by Gasteiger charge is -2.30. The number of nitrogens with zero attached hydrogens (tertiary/aromatic N) is 3. The molecule has 2 aliphatic rings. The van der Waals surface area contributed by atoms with E-state index in [0.717, 1.165) is 52.0 Å². The van der Waals surface area contributed by atoms with Gasteiger partial charge in [-0.15, -0.1) is 22.7 Å². The molecule has 0 spiro atoms. The third-order valence-corrected chi connectivity index (χ3v) is 8.41. The van der Waals surface area contributed by atoms with Crippen molar-refractivity contribution in [2.75, 3.05) is 18.4 Å². The average molecular weight is 467 g/mol. The predicted molar refractivity (Wildman–Crippen MR) is 128 cm³/mol. The first-order chi connectivity index (χ1) is 15.5. The van der Waals surface area contributed by atoms with E-state index in [2.05, 4.69) is 27.4 Å². The Hall–Kier alpha value is -2.58. The van der Waals surface area contributed by atoms with Crippen LogP contribution in [0.3, 0.4) is 0 Å². The molecule has 1 aliphatic carbocycles. The summed E-state index contributed by atoms with van der Waals surface area (Å²) in [7, 11) is 0. The van der Waals surface area contributed by atoms with Gasteiger partial charge in [-0.1, -0.05) is 6.07 Å². The number of thiazole rings is 2. The van der Waals surface area contributed by atoms with Crippen molar-refractivity contribution in [1.29, 1.82) is 0 Å². The van der Waals surface area contributed by atoms with Gasteiger partial charge in [0.15, 0.2) is 0 Å². The third kappa shape index (κ3) is 4.21. The van der Waals surface area contributed by atoms with Gasteiger partial charge in [-0.2, -0.15) is 0 Å². The van der Waals surface area contributed by atoms with Crippen LogP contribution >= 0.6 is 22.7 Å². The smallest absolute Gasteiger partial charge is 0.275 e. The lowest BCUT2D eigenvalue weighted by Crippen LogP contribution is -2.37. The van der Waals surface area contributed by atoms with E-state index in [1.165, 1.54) is 28.9 Å². The summed E-state index contributed by atoms with van der Waals surface area (Å²) in [6, 6.07) is 6.19. The zero-order valence-electron chi connectivity index (χ0n) is 18.3. The Balaban J connectivity index is 1.19. The topological polar surface area (TPSA) is 75.2 Å². The molecule has 0 bridgehead atoms. The molecular weight excluding hydrogens is 440 g/mol. The largest absolute Gasteiger partial charge is 0.338 e. The second kappa shape index (κ2) is 8.75. The van der Waals surface area contributed by atoms with Crippen LogP contribution in [0.1, 0.15) is 72.2 Å². The fraction of sp³-hybridized carbons (Fsp3) is 0.417. The number of benzene rings is 1. The standard InChI is InChI=1S/C24H26N4O2S2/c1-14-21(32-15(2)25-14)24(30)28-10-8-17(9-11-28)23-27-20(13-31-23)22(29)26-19-7-6-16-4-3-5-18(16)12-19/h6-7,12-13,17H,3-5,8-11H2,1-2H3,(H,26,29). The lowest BCUT2D eigenvalue weighted by atomic mass is 9.97. The van der Waals surface area contributed by atoms with E-state index in [1.54, 1.807) is 11.3 Å². The second-order valence-electron chi connectivity index (χ2n) is 8.58. The zero-order valence-corrected chi connectivity index (χ0v) is 19.9. The van der Waals surface area contributed by atoms with E-state index in [0.29, 0.717) is 18.8 Å². The van der Waals surface area contributed by atoms with Crippen LogP contribution in [-0.2, 0) is 12.8 Å². The molecule has 2 aromatic heterocycles. The van der Waals surface area contributed by atoms with Gasteiger partial charge in [-0.05, 0) is 69.2 Å². The molecule has 0 radical (unpaired) electrons. The molecule has 5 rings (SSSR count). The van der Waals surface area contributed by atoms with Crippen LogP contribution in [0.2, 0.25) is 0 Å². The van der Waals surface area contributed by atoms with Crippen LogP contribution in [-0.4, -0.2) is 39.8 Å². The molecule has 1 aliphatic heterocycles. The molecule has 0 atom stereocenters. The first kappa shape index (κ1) is 21.3. The van der Waals surface area contributed by atoms with Crippen LogP contribution in [0.15, 0.2) is 23.6 Å². The number of carbonyl (C=O) groups excluding carboxylic acids is 2. The number of hydrogen-bond donors (Lipinski definition) is 1. The highest BCUT2D eigenvalue weighted by atomic mass is 32.1. The SMILES string of the molecule is Cc1nc(C)c(C(=O)N2CCC(c3nc(C(=O)Nc4ccc5c(c4)CCC5)cs3)CC2)s1. The molecule has 2 amide bonds. The summed E-state index contributed by atoms with van der Waals surface area (Å²) in [5.74, 6) is 0.212. The molecule has 0 saturated carbocycles. The molecular formula is C24H26N4O2S2. The van der Waals surface area contributed by atoms with Gasteiger partial charge in [0.05, 0.1) is 15.7 Å². The van der Waals surface area contributed by atoms with Gasteiger partial charge in [-0.25, -0.2) is 9.97 Å². The summed E-state index contributed by atoms with van der Waals surface area (Å²) in [6.07, 6.45) is 5.14. The van der Waals surface area contributed by atoms with Gasteiger partial charge in [0.25, 0.3) is 11.8 Å². The number of piperidine rings is 1. The molecule has 1 aromatic carbocycles. The van der Waals surface area contributed by atoms with Crippen LogP contribution in [0.25, 0.3) is 0 Å². The Kier molecular flexibility index (Phi) is 5.82. The fourth-order valence-corrected chi connectivity index (χ4v) is 6.49. The van der Waals surface area contributed by atoms with Crippen molar-refractivity contribution in [3.05, 3.63) is 61.0 Å². The first-order valence-corrected chi connectivity index (χ1v) is 12.8. The fourth-order valence-electron chi connectivity index (χ4n) is 4.63. The molecule has 8 heteroatoms. The van der Waals surface area contributed by atoms with Gasteiger partial charge in [0.2, 0.25) is 0 Å². The number of amides is 2. The minimum absolute atomic E-state index is 0.0834. The second-order valence-corrected chi connectivity index (χ2v) is 10.7. The molecule has 1 fully saturated rings. The van der Waals surface area contributed by atoms with Crippen LogP contribution < -0.4 is 5.32 Å². The minimum atomic E-state index is -0.158. The Morgan fingerprint density at radius 1 is 1.09 bits per heavy atom. The number of aryl methyl sites for hydroxylation is 4. The van der Waals surface area contributed by atoms with Crippen molar-refractivity contribution in [1.82, 2.24) is 14.9 Å². The summed E-state index contributed by atoms with van der Waals surface area (Å²) < 4.78 is 0. The summed E-state index contributed by atoms with van der Waals surface area (Å²) in [4.78, 5) is 37.3. The number of hydrogen-bond acceptors (Lipinski definition) is 6. The van der Waals surface area contributed by atoms with Gasteiger partial charge in [0.1, 0.15) is 10.6 Å². The molecule has 32 heavy (non-hydrogen) atoms. The highest BCUT2D eigenvalue weighted by molar-refractivity contribution is 7.13. The van der Waals surface area contributed by atoms with Crippen LogP contribution in [0.4, 0.5) is 5.69 Å². The highest BCUT2D eigenvalue weighted by Crippen LogP contribution is 2.32. The number of nitrogens with one attached hydrogen (secondary N) is 1. The molecule has 3 aromatic rings. The Labute approximate surface area is 195 Å². The maximum absolute atomic E-state index is 12.8. The van der Waals surface area contributed by atoms with Crippen LogP contribution in [0.5, 0.6) is 0 Å².